The lowest BCUT2D eigenvalue weighted by molar-refractivity contribution is 0.415. The van der Waals surface area contributed by atoms with Gasteiger partial charge in [0.1, 0.15) is 16.8 Å². The van der Waals surface area contributed by atoms with E-state index in [1.165, 1.54) is 33.6 Å². The van der Waals surface area contributed by atoms with Crippen LogP contribution in [0.3, 0.4) is 0 Å². The molecule has 1 aromatic heterocycles. The highest BCUT2D eigenvalue weighted by Crippen LogP contribution is 2.39. The van der Waals surface area contributed by atoms with E-state index >= 15 is 0 Å². The van der Waals surface area contributed by atoms with Gasteiger partial charge in [-0.15, -0.1) is 11.3 Å². The van der Waals surface area contributed by atoms with Gasteiger partial charge in [-0.25, -0.2) is 4.98 Å². The quantitative estimate of drug-likeness (QED) is 0.322. The SMILES string of the molecule is COc1ccc(C=C(C#N)c2nc(-c3ccc4c(c3)-c3ccccc3C4)cs2)cc1. The van der Waals surface area contributed by atoms with Crippen LogP contribution in [0.25, 0.3) is 34.0 Å². The van der Waals surface area contributed by atoms with Crippen molar-refractivity contribution in [3.05, 3.63) is 93.8 Å². The first-order valence-corrected chi connectivity index (χ1v) is 10.6. The summed E-state index contributed by atoms with van der Waals surface area (Å²) >= 11 is 1.50. The maximum absolute atomic E-state index is 9.68. The molecule has 0 unspecified atom stereocenters. The number of allylic oxidation sites excluding steroid dienone is 1. The number of rotatable bonds is 4. The van der Waals surface area contributed by atoms with Crippen LogP contribution in [0.1, 0.15) is 21.7 Å². The number of nitrogens with zero attached hydrogens (tertiary/aromatic N) is 2. The van der Waals surface area contributed by atoms with Gasteiger partial charge in [0.2, 0.25) is 0 Å². The lowest BCUT2D eigenvalue weighted by Crippen LogP contribution is -1.86. The van der Waals surface area contributed by atoms with Gasteiger partial charge < -0.3 is 4.74 Å². The van der Waals surface area contributed by atoms with Crippen LogP contribution < -0.4 is 4.74 Å². The molecule has 3 aromatic carbocycles. The summed E-state index contributed by atoms with van der Waals surface area (Å²) in [5.41, 5.74) is 8.80. The molecule has 0 amide bonds. The zero-order chi connectivity index (χ0) is 20.5. The first-order chi connectivity index (χ1) is 14.7. The first-order valence-electron chi connectivity index (χ1n) is 9.68. The largest absolute Gasteiger partial charge is 0.497 e. The van der Waals surface area contributed by atoms with Gasteiger partial charge in [0.25, 0.3) is 0 Å². The highest BCUT2D eigenvalue weighted by molar-refractivity contribution is 7.11. The van der Waals surface area contributed by atoms with E-state index in [0.29, 0.717) is 5.57 Å². The Balaban J connectivity index is 1.47. The number of methoxy groups -OCH3 is 1. The third-order valence-corrected chi connectivity index (χ3v) is 6.25. The molecule has 0 radical (unpaired) electrons. The Hall–Kier alpha value is -3.68. The minimum Gasteiger partial charge on any atom is -0.497 e. The van der Waals surface area contributed by atoms with Crippen LogP contribution in [0.4, 0.5) is 0 Å². The number of thiazole rings is 1. The molecule has 5 rings (SSSR count). The second-order valence-corrected chi connectivity index (χ2v) is 8.04. The van der Waals surface area contributed by atoms with Gasteiger partial charge in [0.05, 0.1) is 18.4 Å². The van der Waals surface area contributed by atoms with Crippen LogP contribution in [0.2, 0.25) is 0 Å². The van der Waals surface area contributed by atoms with Gasteiger partial charge in [-0.2, -0.15) is 5.26 Å². The van der Waals surface area contributed by atoms with Gasteiger partial charge in [-0.05, 0) is 58.5 Å². The number of benzene rings is 3. The van der Waals surface area contributed by atoms with E-state index in [1.54, 1.807) is 7.11 Å². The zero-order valence-electron chi connectivity index (χ0n) is 16.4. The van der Waals surface area contributed by atoms with Crippen molar-refractivity contribution in [3.8, 4) is 34.2 Å². The summed E-state index contributed by atoms with van der Waals surface area (Å²) in [6.07, 6.45) is 2.85. The Bertz CT molecular complexity index is 1310. The maximum Gasteiger partial charge on any atom is 0.134 e. The van der Waals surface area contributed by atoms with E-state index in [-0.39, 0.29) is 0 Å². The average Bonchev–Trinajstić information content (AvgIpc) is 3.42. The maximum atomic E-state index is 9.68. The molecule has 1 heterocycles. The molecule has 0 saturated carbocycles. The summed E-state index contributed by atoms with van der Waals surface area (Å²) in [5, 5.41) is 12.4. The number of nitriles is 1. The average molecular weight is 407 g/mol. The van der Waals surface area contributed by atoms with Gasteiger partial charge >= 0.3 is 0 Å². The lowest BCUT2D eigenvalue weighted by Gasteiger charge is -2.04. The Morgan fingerprint density at radius 3 is 2.63 bits per heavy atom. The fourth-order valence-electron chi connectivity index (χ4n) is 3.82. The Kier molecular flexibility index (Phi) is 4.66. The second kappa shape index (κ2) is 7.62. The molecule has 0 N–H and O–H groups in total. The van der Waals surface area contributed by atoms with E-state index in [2.05, 4.69) is 48.5 Å². The summed E-state index contributed by atoms with van der Waals surface area (Å²) < 4.78 is 5.20. The van der Waals surface area contributed by atoms with Crippen molar-refractivity contribution in [1.29, 1.82) is 5.26 Å². The Morgan fingerprint density at radius 2 is 1.83 bits per heavy atom. The molecule has 4 heteroatoms. The van der Waals surface area contributed by atoms with Crippen LogP contribution in [0.5, 0.6) is 5.75 Å². The second-order valence-electron chi connectivity index (χ2n) is 7.19. The fourth-order valence-corrected chi connectivity index (χ4v) is 4.62. The standard InChI is InChI=1S/C26H18N2OS/c1-29-22-10-6-17(7-11-22)12-21(15-27)26-28-25(16-30-26)20-9-8-19-13-18-4-2-3-5-23(18)24(19)14-20/h2-12,14,16H,13H2,1H3. The molecule has 144 valence electrons. The number of hydrogen-bond acceptors (Lipinski definition) is 4. The van der Waals surface area contributed by atoms with Crippen LogP contribution in [-0.4, -0.2) is 12.1 Å². The van der Waals surface area contributed by atoms with E-state index in [1.807, 2.05) is 35.7 Å². The van der Waals surface area contributed by atoms with E-state index in [4.69, 9.17) is 9.72 Å². The Morgan fingerprint density at radius 1 is 1.03 bits per heavy atom. The van der Waals surface area contributed by atoms with E-state index in [9.17, 15) is 5.26 Å². The molecular weight excluding hydrogens is 388 g/mol. The molecule has 0 fully saturated rings. The lowest BCUT2D eigenvalue weighted by atomic mass is 10.0. The summed E-state index contributed by atoms with van der Waals surface area (Å²) in [7, 11) is 1.64. The van der Waals surface area contributed by atoms with Crippen LogP contribution in [0, 0.1) is 11.3 Å². The smallest absolute Gasteiger partial charge is 0.134 e. The molecule has 1 aliphatic rings. The topological polar surface area (TPSA) is 45.9 Å². The number of fused-ring (bicyclic) bond motifs is 3. The number of aromatic nitrogens is 1. The van der Waals surface area contributed by atoms with Crippen molar-refractivity contribution >= 4 is 23.0 Å². The molecule has 4 aromatic rings. The minimum absolute atomic E-state index is 0.558. The normalized spacial score (nSPS) is 12.2. The third-order valence-electron chi connectivity index (χ3n) is 5.38. The predicted molar refractivity (Wildman–Crippen MR) is 122 cm³/mol. The molecule has 1 aliphatic carbocycles. The number of hydrogen-bond donors (Lipinski definition) is 0. The van der Waals surface area contributed by atoms with Crippen LogP contribution in [-0.2, 0) is 6.42 Å². The van der Waals surface area contributed by atoms with Gasteiger partial charge in [-0.1, -0.05) is 48.5 Å². The molecule has 0 spiro atoms. The fraction of sp³-hybridized carbons (Fsp3) is 0.0769. The molecule has 0 saturated heterocycles. The van der Waals surface area contributed by atoms with Crippen molar-refractivity contribution < 1.29 is 4.74 Å². The molecule has 30 heavy (non-hydrogen) atoms. The summed E-state index contributed by atoms with van der Waals surface area (Å²) in [4.78, 5) is 4.77. The molecule has 0 bridgehead atoms. The zero-order valence-corrected chi connectivity index (χ0v) is 17.2. The molecule has 0 aliphatic heterocycles. The summed E-state index contributed by atoms with van der Waals surface area (Å²) in [6.45, 7) is 0. The minimum atomic E-state index is 0.558. The highest BCUT2D eigenvalue weighted by atomic mass is 32.1. The summed E-state index contributed by atoms with van der Waals surface area (Å²) in [5.74, 6) is 0.792. The number of ether oxygens (including phenoxy) is 1. The Labute approximate surface area is 179 Å². The van der Waals surface area contributed by atoms with Crippen molar-refractivity contribution in [1.82, 2.24) is 4.98 Å². The van der Waals surface area contributed by atoms with Crippen molar-refractivity contribution in [3.63, 3.8) is 0 Å². The van der Waals surface area contributed by atoms with Crippen LogP contribution in [0.15, 0.2) is 72.1 Å². The van der Waals surface area contributed by atoms with E-state index < -0.39 is 0 Å². The van der Waals surface area contributed by atoms with Crippen molar-refractivity contribution in [2.75, 3.05) is 7.11 Å². The van der Waals surface area contributed by atoms with Gasteiger partial charge in [-0.3, -0.25) is 0 Å². The third kappa shape index (κ3) is 3.30. The molecule has 3 nitrogen and oxygen atoms in total. The molecular formula is C26H18N2OS. The molecule has 0 atom stereocenters. The van der Waals surface area contributed by atoms with E-state index in [0.717, 1.165) is 34.0 Å². The van der Waals surface area contributed by atoms with Crippen molar-refractivity contribution in [2.24, 2.45) is 0 Å². The van der Waals surface area contributed by atoms with Gasteiger partial charge in [0, 0.05) is 10.9 Å². The highest BCUT2D eigenvalue weighted by Gasteiger charge is 2.19. The first kappa shape index (κ1) is 18.4. The van der Waals surface area contributed by atoms with Crippen LogP contribution >= 0.6 is 11.3 Å². The van der Waals surface area contributed by atoms with Crippen molar-refractivity contribution in [2.45, 2.75) is 6.42 Å². The summed E-state index contributed by atoms with van der Waals surface area (Å²) in [6, 6.07) is 25.0. The monoisotopic (exact) mass is 406 g/mol. The van der Waals surface area contributed by atoms with Gasteiger partial charge in [0.15, 0.2) is 0 Å². The predicted octanol–water partition coefficient (Wildman–Crippen LogP) is 6.45.